The molecule has 0 spiro atoms. The molecule has 0 amide bonds. The first-order valence-electron chi connectivity index (χ1n) is 27.2. The number of nitrogens with one attached hydrogen (secondary N) is 4. The fraction of sp³-hybridized carbons (Fsp3) is 0.0278. The summed E-state index contributed by atoms with van der Waals surface area (Å²) >= 11 is 0. The lowest BCUT2D eigenvalue weighted by Crippen LogP contribution is -1.88. The molecule has 7 aromatic carbocycles. The average molecular weight is 1020 g/mol. The van der Waals surface area contributed by atoms with Crippen LogP contribution >= 0.6 is 0 Å². The highest BCUT2D eigenvalue weighted by molar-refractivity contribution is 6.39. The number of hydrogen-bond donors (Lipinski definition) is 4. The Bertz CT molecular complexity index is 5330. The van der Waals surface area contributed by atoms with Crippen molar-refractivity contribution in [3.05, 3.63) is 228 Å². The first kappa shape index (κ1) is 44.4. The van der Waals surface area contributed by atoms with Crippen LogP contribution in [0, 0.1) is 13.8 Å². The molecular formula is C72H46N8. The van der Waals surface area contributed by atoms with E-state index in [0.717, 1.165) is 177 Å². The van der Waals surface area contributed by atoms with Gasteiger partial charge < -0.3 is 19.9 Å². The summed E-state index contributed by atoms with van der Waals surface area (Å²) in [5, 5.41) is 6.12. The number of aryl methyl sites for hydroxylation is 2. The van der Waals surface area contributed by atoms with E-state index in [-0.39, 0.29) is 0 Å². The third-order valence-corrected chi connectivity index (χ3v) is 16.5. The van der Waals surface area contributed by atoms with Gasteiger partial charge in [0.25, 0.3) is 0 Å². The maximum Gasteiger partial charge on any atom is 0.0818 e. The summed E-state index contributed by atoms with van der Waals surface area (Å²) in [6.45, 7) is 4.27. The Morgan fingerprint density at radius 1 is 0.300 bits per heavy atom. The van der Waals surface area contributed by atoms with Gasteiger partial charge in [-0.05, 0) is 121 Å². The highest BCUT2D eigenvalue weighted by Gasteiger charge is 2.26. The Labute approximate surface area is 457 Å². The van der Waals surface area contributed by atoms with Crippen LogP contribution in [0.3, 0.4) is 0 Å². The van der Waals surface area contributed by atoms with E-state index in [0.29, 0.717) is 0 Å². The van der Waals surface area contributed by atoms with Gasteiger partial charge in [-0.1, -0.05) is 151 Å². The molecule has 374 valence electrons. The van der Waals surface area contributed by atoms with Gasteiger partial charge >= 0.3 is 0 Å². The minimum atomic E-state index is 0.853. The summed E-state index contributed by atoms with van der Waals surface area (Å²) in [7, 11) is 0. The number of aromatic nitrogens is 8. The molecule has 8 nitrogen and oxygen atoms in total. The van der Waals surface area contributed by atoms with E-state index in [4.69, 9.17) is 19.9 Å². The average Bonchev–Trinajstić information content (AvgIpc) is 4.34. The van der Waals surface area contributed by atoms with E-state index >= 15 is 0 Å². The van der Waals surface area contributed by atoms with Crippen LogP contribution in [0.2, 0.25) is 0 Å². The van der Waals surface area contributed by atoms with Gasteiger partial charge in [0.1, 0.15) is 0 Å². The molecule has 80 heavy (non-hydrogen) atoms. The van der Waals surface area contributed by atoms with Crippen LogP contribution in [0.4, 0.5) is 0 Å². The van der Waals surface area contributed by atoms with E-state index in [1.807, 2.05) is 0 Å². The number of hydrogen-bond acceptors (Lipinski definition) is 4. The van der Waals surface area contributed by atoms with Crippen molar-refractivity contribution in [3.8, 4) is 55.6 Å². The standard InChI is InChI=1S/C72H46N8/c1-39-18-22-44(23-19-39)65-52-28-26-46(73-52)34-47-27-29-53(74-47)66(45-24-20-40(2)21-25-45)61-38-51-49-36-59-64(43-16-10-5-11-17-43)57-33-31-55(76-57)62(41-12-6-3-7-13-41)54-30-32-56(75-54)63(42-14-8-4-9-15-42)58-35-48-50-37-60(65)79-71(50)68(72(51)80-61)67(69(48)77-58)70(49)78-59/h3-38,73,76-77,80H,1-2H3. The summed E-state index contributed by atoms with van der Waals surface area (Å²) in [4.78, 5) is 38.9. The van der Waals surface area contributed by atoms with Crippen molar-refractivity contribution in [2.24, 2.45) is 0 Å². The van der Waals surface area contributed by atoms with Gasteiger partial charge in [0.2, 0.25) is 0 Å². The predicted octanol–water partition coefficient (Wildman–Crippen LogP) is 18.6. The topological polar surface area (TPSA) is 115 Å². The van der Waals surface area contributed by atoms with Crippen molar-refractivity contribution in [2.75, 3.05) is 0 Å². The first-order valence-corrected chi connectivity index (χ1v) is 27.2. The monoisotopic (exact) mass is 1020 g/mol. The van der Waals surface area contributed by atoms with Crippen molar-refractivity contribution >= 4 is 123 Å². The molecule has 0 radical (unpaired) electrons. The van der Waals surface area contributed by atoms with Gasteiger partial charge in [-0.15, -0.1) is 0 Å². The van der Waals surface area contributed by atoms with E-state index in [1.165, 1.54) is 11.1 Å². The van der Waals surface area contributed by atoms with Crippen LogP contribution in [0.5, 0.6) is 0 Å². The fourth-order valence-corrected chi connectivity index (χ4v) is 12.8. The molecule has 0 atom stereocenters. The molecule has 0 saturated carbocycles. The summed E-state index contributed by atoms with van der Waals surface area (Å²) in [5.74, 6) is 0. The summed E-state index contributed by atoms with van der Waals surface area (Å²) in [5.41, 5.74) is 27.3. The van der Waals surface area contributed by atoms with Gasteiger partial charge in [0.05, 0.1) is 55.9 Å². The second kappa shape index (κ2) is 16.9. The molecular weight excluding hydrogens is 977 g/mol. The molecule has 17 rings (SSSR count). The number of nitrogens with zero attached hydrogens (tertiary/aromatic N) is 4. The van der Waals surface area contributed by atoms with E-state index < -0.39 is 0 Å². The highest BCUT2D eigenvalue weighted by atomic mass is 14.8. The molecule has 0 aliphatic carbocycles. The quantitative estimate of drug-likeness (QED) is 0.137. The molecule has 15 aromatic rings. The third-order valence-electron chi connectivity index (χ3n) is 16.5. The zero-order valence-electron chi connectivity index (χ0n) is 43.6. The Morgan fingerprint density at radius 3 is 1.24 bits per heavy atom. The molecule has 2 aliphatic heterocycles. The van der Waals surface area contributed by atoms with Gasteiger partial charge in [-0.2, -0.15) is 0 Å². The van der Waals surface area contributed by atoms with Crippen LogP contribution in [0.15, 0.2) is 194 Å². The zero-order valence-corrected chi connectivity index (χ0v) is 43.6. The van der Waals surface area contributed by atoms with Crippen LogP contribution in [0.1, 0.15) is 33.9 Å². The molecule has 8 aromatic heterocycles. The number of rotatable bonds is 5. The number of fused-ring (bicyclic) bond motifs is 14. The van der Waals surface area contributed by atoms with Crippen LogP contribution < -0.4 is 0 Å². The van der Waals surface area contributed by atoms with Gasteiger partial charge in [0, 0.05) is 93.2 Å². The summed E-state index contributed by atoms with van der Waals surface area (Å²) < 4.78 is 0. The lowest BCUT2D eigenvalue weighted by atomic mass is 9.97. The smallest absolute Gasteiger partial charge is 0.0818 e. The van der Waals surface area contributed by atoms with E-state index in [9.17, 15) is 0 Å². The normalized spacial score (nSPS) is 12.5. The SMILES string of the molecule is Cc1ccc(-c2c3nc(cc4ccc([nH]4)c(-c4ccc(C)cc4)c4cc5c6cc7[nH]c6c6c8nc(cc8c8cc2[nH]c8c6c5n4)c(-c2ccccc2)c2ccc([nH]2)c(-c2ccccc2)c2nc(c7-c4ccccc4)C=C2)C=C3)cc1. The van der Waals surface area contributed by atoms with E-state index in [1.54, 1.807) is 0 Å². The Morgan fingerprint density at radius 2 is 0.713 bits per heavy atom. The van der Waals surface area contributed by atoms with Crippen LogP contribution in [0.25, 0.3) is 178 Å². The number of benzene rings is 7. The molecule has 0 unspecified atom stereocenters. The number of H-pyrrole nitrogens is 4. The third kappa shape index (κ3) is 6.75. The lowest BCUT2D eigenvalue weighted by molar-refractivity contribution is 1.32. The minimum absolute atomic E-state index is 0.853. The molecule has 0 saturated heterocycles. The molecule has 16 bridgehead atoms. The Kier molecular flexibility index (Phi) is 9.39. The second-order valence-corrected chi connectivity index (χ2v) is 21.4. The maximum atomic E-state index is 5.92. The van der Waals surface area contributed by atoms with Crippen molar-refractivity contribution in [2.45, 2.75) is 13.8 Å². The molecule has 10 heterocycles. The number of aromatic amines is 4. The van der Waals surface area contributed by atoms with Gasteiger partial charge in [-0.25, -0.2) is 19.9 Å². The van der Waals surface area contributed by atoms with Crippen LogP contribution in [-0.4, -0.2) is 39.9 Å². The predicted molar refractivity (Wildman–Crippen MR) is 334 cm³/mol. The minimum Gasteiger partial charge on any atom is -0.355 e. The van der Waals surface area contributed by atoms with Crippen molar-refractivity contribution in [1.82, 2.24) is 39.9 Å². The highest BCUT2D eigenvalue weighted by Crippen LogP contribution is 2.48. The lowest BCUT2D eigenvalue weighted by Gasteiger charge is -2.07. The summed E-state index contributed by atoms with van der Waals surface area (Å²) in [6, 6.07) is 69.6. The van der Waals surface area contributed by atoms with Crippen molar-refractivity contribution < 1.29 is 0 Å². The Hall–Kier alpha value is -10.7. The van der Waals surface area contributed by atoms with Gasteiger partial charge in [-0.3, -0.25) is 0 Å². The largest absolute Gasteiger partial charge is 0.355 e. The molecule has 8 heteroatoms. The fourth-order valence-electron chi connectivity index (χ4n) is 12.8. The summed E-state index contributed by atoms with van der Waals surface area (Å²) in [6.07, 6.45) is 8.60. The first-order chi connectivity index (χ1) is 39.4. The zero-order chi connectivity index (χ0) is 52.7. The van der Waals surface area contributed by atoms with E-state index in [2.05, 4.69) is 252 Å². The molecule has 2 aliphatic rings. The van der Waals surface area contributed by atoms with Crippen LogP contribution in [-0.2, 0) is 0 Å². The van der Waals surface area contributed by atoms with Gasteiger partial charge in [0.15, 0.2) is 0 Å². The maximum absolute atomic E-state index is 5.92. The second-order valence-electron chi connectivity index (χ2n) is 21.4. The van der Waals surface area contributed by atoms with Crippen molar-refractivity contribution in [3.63, 3.8) is 0 Å². The molecule has 0 fully saturated rings. The van der Waals surface area contributed by atoms with Crippen molar-refractivity contribution in [1.29, 1.82) is 0 Å². The molecule has 4 N–H and O–H groups in total. The Balaban J connectivity index is 1.16.